The molecule has 0 saturated carbocycles. The van der Waals surface area contributed by atoms with Gasteiger partial charge in [0, 0.05) is 30.9 Å². The van der Waals surface area contributed by atoms with E-state index in [2.05, 4.69) is 44.3 Å². The maximum Gasteiger partial charge on any atom is 0.409 e. The Morgan fingerprint density at radius 1 is 1.22 bits per heavy atom. The molecular formula is C26H30N2O4. The number of hydrogen-bond donors (Lipinski definition) is 1. The third-order valence-electron chi connectivity index (χ3n) is 5.67. The molecule has 6 heteroatoms. The molecule has 1 N–H and O–H groups in total. The molecule has 2 aliphatic heterocycles. The Kier molecular flexibility index (Phi) is 5.63. The number of nitrogens with one attached hydrogen (secondary N) is 1. The van der Waals surface area contributed by atoms with Crippen molar-refractivity contribution in [1.29, 1.82) is 0 Å². The molecule has 0 fully saturated rings. The summed E-state index contributed by atoms with van der Waals surface area (Å²) >= 11 is 0. The average molecular weight is 435 g/mol. The second-order valence-corrected chi connectivity index (χ2v) is 8.89. The topological polar surface area (TPSA) is 60.0 Å². The summed E-state index contributed by atoms with van der Waals surface area (Å²) in [5.41, 5.74) is 6.38. The minimum Gasteiger partial charge on any atom is -0.496 e. The van der Waals surface area contributed by atoms with Gasteiger partial charge in [0.2, 0.25) is 0 Å². The van der Waals surface area contributed by atoms with Gasteiger partial charge in [0.15, 0.2) is 0 Å². The Balaban J connectivity index is 1.81. The fourth-order valence-electron chi connectivity index (χ4n) is 4.46. The number of fused-ring (bicyclic) bond motifs is 5. The SMILES string of the molecule is COc1cccc2c1-c1ccc3c(c1C(C=CCOC(=O)N(C)C)O2)C(C)=CC(C)(C)N3. The van der Waals surface area contributed by atoms with Crippen molar-refractivity contribution in [3.8, 4) is 22.6 Å². The third-order valence-corrected chi connectivity index (χ3v) is 5.67. The quantitative estimate of drug-likeness (QED) is 0.630. The number of carbonyl (C=O) groups excluding carboxylic acids is 1. The van der Waals surface area contributed by atoms with E-state index < -0.39 is 0 Å². The van der Waals surface area contributed by atoms with Crippen LogP contribution >= 0.6 is 0 Å². The molecule has 0 spiro atoms. The molecule has 1 unspecified atom stereocenters. The van der Waals surface area contributed by atoms with Gasteiger partial charge in [-0.15, -0.1) is 0 Å². The van der Waals surface area contributed by atoms with Crippen LogP contribution in [0.1, 0.15) is 38.0 Å². The third kappa shape index (κ3) is 3.93. The van der Waals surface area contributed by atoms with Crippen LogP contribution in [0.25, 0.3) is 16.7 Å². The van der Waals surface area contributed by atoms with Gasteiger partial charge in [0.25, 0.3) is 0 Å². The Morgan fingerprint density at radius 2 is 2.00 bits per heavy atom. The van der Waals surface area contributed by atoms with E-state index in [0.717, 1.165) is 39.4 Å². The van der Waals surface area contributed by atoms with E-state index in [1.165, 1.54) is 10.5 Å². The summed E-state index contributed by atoms with van der Waals surface area (Å²) in [4.78, 5) is 13.1. The van der Waals surface area contributed by atoms with Gasteiger partial charge < -0.3 is 24.4 Å². The summed E-state index contributed by atoms with van der Waals surface area (Å²) in [6.45, 7) is 6.62. The molecule has 32 heavy (non-hydrogen) atoms. The molecule has 4 rings (SSSR count). The Bertz CT molecular complexity index is 1120. The van der Waals surface area contributed by atoms with Gasteiger partial charge in [-0.25, -0.2) is 4.79 Å². The lowest BCUT2D eigenvalue weighted by Crippen LogP contribution is -2.32. The highest BCUT2D eigenvalue weighted by Gasteiger charge is 2.33. The summed E-state index contributed by atoms with van der Waals surface area (Å²) in [6, 6.07) is 10.1. The summed E-state index contributed by atoms with van der Waals surface area (Å²) in [7, 11) is 4.99. The highest BCUT2D eigenvalue weighted by molar-refractivity contribution is 5.91. The van der Waals surface area contributed by atoms with Crippen molar-refractivity contribution in [2.75, 3.05) is 33.1 Å². The molecule has 1 atom stereocenters. The van der Waals surface area contributed by atoms with E-state index in [1.54, 1.807) is 21.2 Å². The summed E-state index contributed by atoms with van der Waals surface area (Å²) < 4.78 is 17.4. The number of hydrogen-bond acceptors (Lipinski definition) is 5. The first-order chi connectivity index (χ1) is 15.2. The van der Waals surface area contributed by atoms with Crippen LogP contribution in [0.15, 0.2) is 48.6 Å². The predicted molar refractivity (Wildman–Crippen MR) is 127 cm³/mol. The molecule has 0 aliphatic carbocycles. The fourth-order valence-corrected chi connectivity index (χ4v) is 4.46. The average Bonchev–Trinajstić information content (AvgIpc) is 2.74. The van der Waals surface area contributed by atoms with E-state index in [0.29, 0.717) is 0 Å². The van der Waals surface area contributed by atoms with Crippen LogP contribution in [0.2, 0.25) is 0 Å². The van der Waals surface area contributed by atoms with Crippen LogP contribution in [-0.2, 0) is 4.74 Å². The minimum atomic E-state index is -0.378. The van der Waals surface area contributed by atoms with Crippen molar-refractivity contribution in [1.82, 2.24) is 4.90 Å². The van der Waals surface area contributed by atoms with Crippen LogP contribution in [0, 0.1) is 0 Å². The lowest BCUT2D eigenvalue weighted by molar-refractivity contribution is 0.129. The van der Waals surface area contributed by atoms with Crippen molar-refractivity contribution in [3.05, 3.63) is 59.7 Å². The lowest BCUT2D eigenvalue weighted by atomic mass is 9.81. The van der Waals surface area contributed by atoms with E-state index in [4.69, 9.17) is 14.2 Å². The van der Waals surface area contributed by atoms with Crippen LogP contribution in [-0.4, -0.2) is 44.3 Å². The number of rotatable bonds is 4. The van der Waals surface area contributed by atoms with Gasteiger partial charge in [-0.3, -0.25) is 0 Å². The first kappa shape index (κ1) is 21.8. The van der Waals surface area contributed by atoms with Crippen LogP contribution < -0.4 is 14.8 Å². The largest absolute Gasteiger partial charge is 0.496 e. The van der Waals surface area contributed by atoms with Gasteiger partial charge in [0.05, 0.1) is 18.2 Å². The molecule has 0 radical (unpaired) electrons. The number of methoxy groups -OCH3 is 1. The minimum absolute atomic E-state index is 0.137. The monoisotopic (exact) mass is 434 g/mol. The van der Waals surface area contributed by atoms with E-state index >= 15 is 0 Å². The predicted octanol–water partition coefficient (Wildman–Crippen LogP) is 5.66. The molecule has 0 aromatic heterocycles. The van der Waals surface area contributed by atoms with E-state index in [9.17, 15) is 4.79 Å². The van der Waals surface area contributed by atoms with E-state index in [1.807, 2.05) is 30.4 Å². The molecule has 2 aromatic carbocycles. The van der Waals surface area contributed by atoms with Crippen LogP contribution in [0.3, 0.4) is 0 Å². The zero-order chi connectivity index (χ0) is 23.0. The number of amides is 1. The fraction of sp³-hybridized carbons (Fsp3) is 0.346. The van der Waals surface area contributed by atoms with Crippen molar-refractivity contribution < 1.29 is 19.0 Å². The first-order valence-corrected chi connectivity index (χ1v) is 10.7. The second-order valence-electron chi connectivity index (χ2n) is 8.89. The number of allylic oxidation sites excluding steroid dienone is 1. The number of benzene rings is 2. The summed E-state index contributed by atoms with van der Waals surface area (Å²) in [6.07, 6.45) is 5.32. The molecule has 6 nitrogen and oxygen atoms in total. The number of anilines is 1. The van der Waals surface area contributed by atoms with Gasteiger partial charge in [-0.2, -0.15) is 0 Å². The van der Waals surface area contributed by atoms with Crippen molar-refractivity contribution in [2.24, 2.45) is 0 Å². The zero-order valence-corrected chi connectivity index (χ0v) is 19.5. The van der Waals surface area contributed by atoms with Crippen LogP contribution in [0.4, 0.5) is 10.5 Å². The lowest BCUT2D eigenvalue weighted by Gasteiger charge is -2.36. The van der Waals surface area contributed by atoms with Gasteiger partial charge >= 0.3 is 6.09 Å². The van der Waals surface area contributed by atoms with Crippen LogP contribution in [0.5, 0.6) is 11.5 Å². The molecular weight excluding hydrogens is 404 g/mol. The normalized spacial score (nSPS) is 17.8. The maximum atomic E-state index is 11.7. The molecule has 168 valence electrons. The molecule has 0 saturated heterocycles. The number of nitrogens with zero attached hydrogens (tertiary/aromatic N) is 1. The Hall–Kier alpha value is -3.41. The van der Waals surface area contributed by atoms with E-state index in [-0.39, 0.29) is 24.3 Å². The Morgan fingerprint density at radius 3 is 2.72 bits per heavy atom. The number of carbonyl (C=O) groups is 1. The zero-order valence-electron chi connectivity index (χ0n) is 19.5. The van der Waals surface area contributed by atoms with Gasteiger partial charge in [-0.1, -0.05) is 18.2 Å². The highest BCUT2D eigenvalue weighted by atomic mass is 16.6. The Labute approximate surface area is 189 Å². The molecule has 1 amide bonds. The smallest absolute Gasteiger partial charge is 0.409 e. The van der Waals surface area contributed by atoms with Crippen molar-refractivity contribution >= 4 is 17.4 Å². The molecule has 2 heterocycles. The highest BCUT2D eigenvalue weighted by Crippen LogP contribution is 2.52. The van der Waals surface area contributed by atoms with Gasteiger partial charge in [-0.05, 0) is 62.3 Å². The van der Waals surface area contributed by atoms with Crippen molar-refractivity contribution in [2.45, 2.75) is 32.4 Å². The van der Waals surface area contributed by atoms with Gasteiger partial charge in [0.1, 0.15) is 24.2 Å². The second kappa shape index (κ2) is 8.26. The molecule has 0 bridgehead atoms. The first-order valence-electron chi connectivity index (χ1n) is 10.7. The maximum absolute atomic E-state index is 11.7. The standard InChI is InChI=1S/C26H30N2O4/c1-16-15-26(2,3)27-18-13-12-17-23-19(30-6)9-7-10-20(23)32-21(24(17)22(16)18)11-8-14-31-25(29)28(4)5/h7-13,15,21,27H,14H2,1-6H3. The number of ether oxygens (including phenoxy) is 3. The van der Waals surface area contributed by atoms with Crippen molar-refractivity contribution in [3.63, 3.8) is 0 Å². The molecule has 2 aromatic rings. The summed E-state index contributed by atoms with van der Waals surface area (Å²) in [5.74, 6) is 1.54. The summed E-state index contributed by atoms with van der Waals surface area (Å²) in [5, 5.41) is 3.62. The molecule has 2 aliphatic rings.